The molecule has 204 valence electrons. The SMILES string of the molecule is C[C@@H](NC(=O)[C@H](O)[C@@H](O)C(=O)N1CCC[C@@H]1C1C=CN(c2ccc(F)cc2)N1)c1ccc(-n2cccn2)cc1. The van der Waals surface area contributed by atoms with E-state index in [4.69, 9.17) is 0 Å². The van der Waals surface area contributed by atoms with E-state index in [-0.39, 0.29) is 17.9 Å². The molecule has 0 bridgehead atoms. The van der Waals surface area contributed by atoms with Gasteiger partial charge in [0, 0.05) is 25.1 Å². The zero-order valence-electron chi connectivity index (χ0n) is 21.4. The predicted octanol–water partition coefficient (Wildman–Crippen LogP) is 1.81. The molecule has 0 radical (unpaired) electrons. The second-order valence-electron chi connectivity index (χ2n) is 9.75. The van der Waals surface area contributed by atoms with Gasteiger partial charge in [0.1, 0.15) is 5.82 Å². The molecule has 1 aromatic heterocycles. The summed E-state index contributed by atoms with van der Waals surface area (Å²) < 4.78 is 15.0. The van der Waals surface area contributed by atoms with E-state index in [1.165, 1.54) is 17.0 Å². The standard InChI is InChI=1S/C28H31FN6O4/c1-18(19-5-9-21(10-6-19)34-16-3-14-30-34)31-27(38)25(36)26(37)28(39)33-15-2-4-24(33)23-13-17-35(32-23)22-11-7-20(29)8-12-22/h3,5-14,16-18,23-26,32,36-37H,2,4,15H2,1H3,(H,31,38)/t18-,23?,24-,25-,26-/m1/s1. The summed E-state index contributed by atoms with van der Waals surface area (Å²) in [4.78, 5) is 27.4. The Hall–Kier alpha value is -4.06. The van der Waals surface area contributed by atoms with Crippen LogP contribution in [0.25, 0.3) is 5.69 Å². The third-order valence-electron chi connectivity index (χ3n) is 7.17. The summed E-state index contributed by atoms with van der Waals surface area (Å²) in [6.07, 6.45) is 4.78. The monoisotopic (exact) mass is 534 g/mol. The molecule has 0 saturated carbocycles. The van der Waals surface area contributed by atoms with Crippen molar-refractivity contribution in [2.45, 2.75) is 50.1 Å². The summed E-state index contributed by atoms with van der Waals surface area (Å²) in [5.41, 5.74) is 5.66. The first-order chi connectivity index (χ1) is 18.8. The van der Waals surface area contributed by atoms with Gasteiger partial charge in [-0.3, -0.25) is 14.6 Å². The number of aliphatic hydroxyl groups excluding tert-OH is 2. The fourth-order valence-electron chi connectivity index (χ4n) is 5.01. The summed E-state index contributed by atoms with van der Waals surface area (Å²) in [6.45, 7) is 2.15. The van der Waals surface area contributed by atoms with Crippen molar-refractivity contribution < 1.29 is 24.2 Å². The van der Waals surface area contributed by atoms with Crippen molar-refractivity contribution in [3.8, 4) is 5.69 Å². The maximum atomic E-state index is 13.3. The van der Waals surface area contributed by atoms with Gasteiger partial charge in [-0.1, -0.05) is 12.1 Å². The molecule has 5 atom stereocenters. The maximum absolute atomic E-state index is 13.3. The Bertz CT molecular complexity index is 1310. The number of carbonyl (C=O) groups is 2. The van der Waals surface area contributed by atoms with Crippen LogP contribution in [0, 0.1) is 5.82 Å². The van der Waals surface area contributed by atoms with Gasteiger partial charge in [0.25, 0.3) is 11.8 Å². The van der Waals surface area contributed by atoms with Crippen molar-refractivity contribution in [2.75, 3.05) is 11.6 Å². The normalized spacial score (nSPS) is 21.1. The number of amides is 2. The van der Waals surface area contributed by atoms with Gasteiger partial charge in [0.15, 0.2) is 12.2 Å². The molecule has 2 aromatic carbocycles. The maximum Gasteiger partial charge on any atom is 0.255 e. The van der Waals surface area contributed by atoms with Crippen LogP contribution in [0.4, 0.5) is 10.1 Å². The van der Waals surface area contributed by atoms with Crippen molar-refractivity contribution in [1.82, 2.24) is 25.4 Å². The molecule has 0 spiro atoms. The first-order valence-electron chi connectivity index (χ1n) is 12.9. The molecule has 2 aliphatic rings. The predicted molar refractivity (Wildman–Crippen MR) is 142 cm³/mol. The first-order valence-corrected chi connectivity index (χ1v) is 12.9. The Labute approximate surface area is 225 Å². The number of benzene rings is 2. The average Bonchev–Trinajstić information content (AvgIpc) is 3.74. The number of likely N-dealkylation sites (tertiary alicyclic amines) is 1. The van der Waals surface area contributed by atoms with Crippen LogP contribution in [-0.2, 0) is 9.59 Å². The zero-order chi connectivity index (χ0) is 27.5. The van der Waals surface area contributed by atoms with Gasteiger partial charge in [-0.25, -0.2) is 14.5 Å². The van der Waals surface area contributed by atoms with Crippen LogP contribution in [0.2, 0.25) is 0 Å². The van der Waals surface area contributed by atoms with Crippen LogP contribution >= 0.6 is 0 Å². The van der Waals surface area contributed by atoms with E-state index in [1.54, 1.807) is 41.1 Å². The number of nitrogens with zero attached hydrogens (tertiary/aromatic N) is 4. The molecule has 3 aromatic rings. The summed E-state index contributed by atoms with van der Waals surface area (Å²) in [5.74, 6) is -1.87. The Morgan fingerprint density at radius 2 is 1.79 bits per heavy atom. The first kappa shape index (κ1) is 26.5. The highest BCUT2D eigenvalue weighted by Crippen LogP contribution is 2.26. The van der Waals surface area contributed by atoms with Crippen LogP contribution in [0.3, 0.4) is 0 Å². The second-order valence-corrected chi connectivity index (χ2v) is 9.75. The Morgan fingerprint density at radius 3 is 2.49 bits per heavy atom. The smallest absolute Gasteiger partial charge is 0.255 e. The zero-order valence-corrected chi connectivity index (χ0v) is 21.4. The summed E-state index contributed by atoms with van der Waals surface area (Å²) in [5, 5.41) is 29.8. The number of anilines is 1. The van der Waals surface area contributed by atoms with Crippen molar-refractivity contribution in [3.05, 3.63) is 90.6 Å². The summed E-state index contributed by atoms with van der Waals surface area (Å²) >= 11 is 0. The third-order valence-corrected chi connectivity index (χ3v) is 7.17. The minimum absolute atomic E-state index is 0.246. The van der Waals surface area contributed by atoms with Gasteiger partial charge in [-0.05, 0) is 73.9 Å². The van der Waals surface area contributed by atoms with E-state index < -0.39 is 30.1 Å². The number of aromatic nitrogens is 2. The summed E-state index contributed by atoms with van der Waals surface area (Å²) in [7, 11) is 0. The van der Waals surface area contributed by atoms with Crippen molar-refractivity contribution in [3.63, 3.8) is 0 Å². The molecule has 39 heavy (non-hydrogen) atoms. The third kappa shape index (κ3) is 5.70. The van der Waals surface area contributed by atoms with Gasteiger partial charge in [0.05, 0.1) is 29.5 Å². The molecule has 11 heteroatoms. The number of nitrogens with one attached hydrogen (secondary N) is 2. The molecule has 2 amide bonds. The molecule has 1 saturated heterocycles. The van der Waals surface area contributed by atoms with Crippen LogP contribution in [0.1, 0.15) is 31.4 Å². The van der Waals surface area contributed by atoms with Gasteiger partial charge < -0.3 is 20.4 Å². The van der Waals surface area contributed by atoms with Crippen LogP contribution in [-0.4, -0.2) is 67.5 Å². The fourth-order valence-corrected chi connectivity index (χ4v) is 5.01. The molecule has 0 aliphatic carbocycles. The van der Waals surface area contributed by atoms with Gasteiger partial charge >= 0.3 is 0 Å². The molecule has 2 aliphatic heterocycles. The van der Waals surface area contributed by atoms with Gasteiger partial charge in [0.2, 0.25) is 0 Å². The van der Waals surface area contributed by atoms with Crippen LogP contribution in [0.5, 0.6) is 0 Å². The number of halogens is 1. The molecular weight excluding hydrogens is 503 g/mol. The van der Waals surface area contributed by atoms with Gasteiger partial charge in [-0.2, -0.15) is 5.10 Å². The lowest BCUT2D eigenvalue weighted by Gasteiger charge is -2.32. The van der Waals surface area contributed by atoms with E-state index in [0.717, 1.165) is 23.4 Å². The number of rotatable bonds is 8. The largest absolute Gasteiger partial charge is 0.380 e. The highest BCUT2D eigenvalue weighted by molar-refractivity contribution is 5.91. The highest BCUT2D eigenvalue weighted by atomic mass is 19.1. The lowest BCUT2D eigenvalue weighted by atomic mass is 10.0. The van der Waals surface area contributed by atoms with E-state index >= 15 is 0 Å². The Morgan fingerprint density at radius 1 is 1.08 bits per heavy atom. The fraction of sp³-hybridized carbons (Fsp3) is 0.321. The average molecular weight is 535 g/mol. The molecule has 3 heterocycles. The highest BCUT2D eigenvalue weighted by Gasteiger charge is 2.41. The number of aliphatic hydroxyl groups is 2. The van der Waals surface area contributed by atoms with Gasteiger partial charge in [-0.15, -0.1) is 0 Å². The van der Waals surface area contributed by atoms with Crippen LogP contribution in [0.15, 0.2) is 79.3 Å². The number of hydrazine groups is 1. The number of hydrogen-bond acceptors (Lipinski definition) is 7. The number of carbonyl (C=O) groups excluding carboxylic acids is 2. The quantitative estimate of drug-likeness (QED) is 0.348. The Kier molecular flexibility index (Phi) is 7.73. The molecule has 4 N–H and O–H groups in total. The topological polar surface area (TPSA) is 123 Å². The minimum atomic E-state index is -1.92. The minimum Gasteiger partial charge on any atom is -0.380 e. The van der Waals surface area contributed by atoms with Crippen molar-refractivity contribution in [2.24, 2.45) is 0 Å². The molecule has 1 fully saturated rings. The van der Waals surface area contributed by atoms with Crippen LogP contribution < -0.4 is 15.8 Å². The van der Waals surface area contributed by atoms with E-state index in [1.807, 2.05) is 42.6 Å². The Balaban J connectivity index is 1.17. The molecule has 10 nitrogen and oxygen atoms in total. The lowest BCUT2D eigenvalue weighted by molar-refractivity contribution is -0.154. The number of hydrogen-bond donors (Lipinski definition) is 4. The van der Waals surface area contributed by atoms with E-state index in [0.29, 0.717) is 13.0 Å². The second kappa shape index (κ2) is 11.4. The van der Waals surface area contributed by atoms with Crippen molar-refractivity contribution in [1.29, 1.82) is 0 Å². The molecule has 1 unspecified atom stereocenters. The molecular formula is C28H31FN6O4. The van der Waals surface area contributed by atoms with E-state index in [9.17, 15) is 24.2 Å². The lowest BCUT2D eigenvalue weighted by Crippen LogP contribution is -2.55. The van der Waals surface area contributed by atoms with Crippen molar-refractivity contribution >= 4 is 17.5 Å². The molecule has 5 rings (SSSR count). The summed E-state index contributed by atoms with van der Waals surface area (Å²) in [6, 6.07) is 14.2. The van der Waals surface area contributed by atoms with E-state index in [2.05, 4.69) is 15.8 Å².